The van der Waals surface area contributed by atoms with E-state index in [1.165, 1.54) is 32.1 Å². The summed E-state index contributed by atoms with van der Waals surface area (Å²) in [5.74, 6) is 8.66. The van der Waals surface area contributed by atoms with E-state index < -0.39 is 0 Å². The third kappa shape index (κ3) is 35.6. The van der Waals surface area contributed by atoms with Gasteiger partial charge in [-0.3, -0.25) is 38.4 Å². The largest absolute Gasteiger partial charge is 0.377 e. The number of ether oxygens (including phenoxy) is 2. The Kier molecular flexibility index (Phi) is 42.4. The van der Waals surface area contributed by atoms with Gasteiger partial charge in [0.2, 0.25) is 5.91 Å². The van der Waals surface area contributed by atoms with Crippen molar-refractivity contribution in [3.63, 3.8) is 0 Å². The number of aromatic nitrogens is 6. The molecule has 0 radical (unpaired) electrons. The van der Waals surface area contributed by atoms with Crippen LogP contribution in [0.5, 0.6) is 0 Å². The lowest BCUT2D eigenvalue weighted by Gasteiger charge is -2.31. The summed E-state index contributed by atoms with van der Waals surface area (Å²) < 4.78 is 43.0. The van der Waals surface area contributed by atoms with Gasteiger partial charge in [-0.1, -0.05) is 151 Å². The summed E-state index contributed by atoms with van der Waals surface area (Å²) in [7, 11) is 0. The zero-order valence-electron chi connectivity index (χ0n) is 86.0. The van der Waals surface area contributed by atoms with Crippen LogP contribution in [0.2, 0.25) is 0 Å². The predicted molar refractivity (Wildman–Crippen MR) is 550 cm³/mol. The van der Waals surface area contributed by atoms with E-state index in [4.69, 9.17) is 53.8 Å². The Morgan fingerprint density at radius 2 is 0.828 bits per heavy atom. The number of hydrogen-bond acceptors (Lipinski definition) is 27. The van der Waals surface area contributed by atoms with Crippen LogP contribution in [0.4, 0.5) is 5.69 Å². The molecule has 33 nitrogen and oxygen atoms in total. The van der Waals surface area contributed by atoms with Crippen molar-refractivity contribution in [2.45, 2.75) is 351 Å². The fraction of sp³-hybridized carbons (Fsp3) is 0.607. The quantitative estimate of drug-likeness (QED) is 0.0125. The average molecular weight is 2000 g/mol. The highest BCUT2D eigenvalue weighted by Gasteiger charge is 2.38. The Hall–Kier alpha value is -11.2. The van der Waals surface area contributed by atoms with E-state index in [9.17, 15) is 38.4 Å². The molecule has 33 heteroatoms. The number of unbranched alkanes of at least 4 members (excludes halogenated alkanes) is 1. The van der Waals surface area contributed by atoms with E-state index in [1.54, 1.807) is 24.3 Å². The number of Topliss-reactive ketones (excluding diaryl/α,β-unsaturated/α-hetero) is 2. The molecule has 19 rings (SSSR count). The second-order valence-corrected chi connectivity index (χ2v) is 41.9. The molecule has 8 heterocycles. The first kappa shape index (κ1) is 109. The first-order chi connectivity index (χ1) is 70.5. The van der Waals surface area contributed by atoms with Crippen molar-refractivity contribution < 1.29 is 75.0 Å². The fourth-order valence-electron chi connectivity index (χ4n) is 19.0. The molecule has 14 N–H and O–H groups in total. The number of nitrogens with two attached hydrogens (primary N) is 3. The van der Waals surface area contributed by atoms with Crippen LogP contribution in [0.25, 0.3) is 0 Å². The lowest BCUT2D eigenvalue weighted by atomic mass is 9.84. The molecule has 0 spiro atoms. The average Bonchev–Trinajstić information content (AvgIpc) is 1.76. The highest BCUT2D eigenvalue weighted by atomic mass is 16.5. The van der Waals surface area contributed by atoms with Gasteiger partial charge in [0.15, 0.2) is 34.3 Å². The molecule has 6 amide bonds. The second-order valence-electron chi connectivity index (χ2n) is 41.9. The predicted octanol–water partition coefficient (Wildman–Crippen LogP) is 19.3. The number of piperidine rings is 2. The molecule has 0 bridgehead atoms. The number of benzene rings is 3. The summed E-state index contributed by atoms with van der Waals surface area (Å²) in [6.45, 7) is 20.0. The number of ketones is 2. The Balaban J connectivity index is 0.000000139. The van der Waals surface area contributed by atoms with E-state index in [1.807, 2.05) is 50.2 Å². The minimum Gasteiger partial charge on any atom is -0.377 e. The summed E-state index contributed by atoms with van der Waals surface area (Å²) in [5.41, 5.74) is 26.0. The Bertz CT molecular complexity index is 5380. The van der Waals surface area contributed by atoms with Gasteiger partial charge in [-0.2, -0.15) is 0 Å². The van der Waals surface area contributed by atoms with Gasteiger partial charge in [-0.15, -0.1) is 0 Å². The van der Waals surface area contributed by atoms with Crippen molar-refractivity contribution in [2.75, 3.05) is 57.8 Å². The highest BCUT2D eigenvalue weighted by molar-refractivity contribution is 6.03. The lowest BCUT2D eigenvalue weighted by molar-refractivity contribution is -0.126. The number of nitrogens with zero attached hydrogens (tertiary/aromatic N) is 6. The molecule has 2 saturated heterocycles. The number of carbonyl (C=O) groups is 8. The molecule has 6 aromatic heterocycles. The maximum absolute atomic E-state index is 12.9. The van der Waals surface area contributed by atoms with Crippen molar-refractivity contribution in [1.29, 1.82) is 0 Å². The molecule has 6 atom stereocenters. The number of carbonyl (C=O) groups excluding carboxylic acids is 8. The molecular formula is C112H157N17O16. The Labute approximate surface area is 852 Å². The molecule has 2 aliphatic heterocycles. The third-order valence-electron chi connectivity index (χ3n) is 29.0. The molecule has 9 aromatic rings. The Morgan fingerprint density at radius 1 is 0.421 bits per heavy atom. The standard InChI is InChI=1S/2C23H31N3O3.C18H27N3O3.C18H23N3O2.C15H23N3O3.C15H22N2O2/c2*1-2-12-28-15-16-4-3-5-19(13-16)22(18-8-10-24-11-9-18)25-23(27)20-14-21(29-26-20)17-6-7-17;1-11(10-20-18(23)13-4-6-14(19)7-5-13)8-16(22)15-9-17(24-21-15)12-2-3-12;1-2-3-4-15(19)12-7-9-14(10-8-12)20-18(22)16-11-17(23-21-16)13-5-6-13;1-10(4-7-12(19)3-2-8-16)17-15(20)13-9-14(21-18-13)11-5-6-11;1-10(11-5-3-2-4-6-11)16-15(18)13-9-14(19-17-13)12-7-8-12/h2*3-5,13-14,17-18,22,24H,2,6-12,15H2,1H3,(H,25,27);9,11-14H,2-8,10,19H2,1H3,(H,20,23);7-11,13,15H,2-6,19H2,1H3,(H,20,22);9-11H,2-8,16H2,1H3,(H,17,20);9-12H,2-8H2,1H3,(H,16,18). The van der Waals surface area contributed by atoms with E-state index >= 15 is 0 Å². The van der Waals surface area contributed by atoms with Crippen LogP contribution in [0.3, 0.4) is 0 Å². The van der Waals surface area contributed by atoms with Gasteiger partial charge in [-0.25, -0.2) is 0 Å². The lowest BCUT2D eigenvalue weighted by Crippen LogP contribution is -2.39. The fourth-order valence-corrected chi connectivity index (χ4v) is 19.0. The van der Waals surface area contributed by atoms with Crippen LogP contribution in [-0.2, 0) is 32.3 Å². The molecule has 786 valence electrons. The monoisotopic (exact) mass is 2000 g/mol. The van der Waals surface area contributed by atoms with Crippen LogP contribution < -0.4 is 59.7 Å². The maximum atomic E-state index is 12.9. The van der Waals surface area contributed by atoms with Crippen molar-refractivity contribution in [3.8, 4) is 0 Å². The summed E-state index contributed by atoms with van der Waals surface area (Å²) in [6.07, 6.45) is 35.6. The topological polar surface area (TPSA) is 485 Å². The minimum atomic E-state index is -0.247. The molecule has 10 aliphatic rings. The van der Waals surface area contributed by atoms with Gasteiger partial charge in [-0.05, 0) is 284 Å². The van der Waals surface area contributed by atoms with Crippen molar-refractivity contribution in [1.82, 2.24) is 68.2 Å². The van der Waals surface area contributed by atoms with Crippen molar-refractivity contribution in [3.05, 3.63) is 206 Å². The molecular weight excluding hydrogens is 1840 g/mol. The summed E-state index contributed by atoms with van der Waals surface area (Å²) in [4.78, 5) is 98.2. The van der Waals surface area contributed by atoms with E-state index in [0.29, 0.717) is 139 Å². The van der Waals surface area contributed by atoms with Gasteiger partial charge < -0.3 is 96.3 Å². The van der Waals surface area contributed by atoms with Crippen molar-refractivity contribution >= 4 is 52.7 Å². The minimum absolute atomic E-state index is 0.0176. The molecule has 145 heavy (non-hydrogen) atoms. The van der Waals surface area contributed by atoms with Crippen LogP contribution >= 0.6 is 0 Å². The first-order valence-corrected chi connectivity index (χ1v) is 54.2. The molecule has 3 aromatic carbocycles. The number of anilines is 1. The van der Waals surface area contributed by atoms with Crippen LogP contribution in [0, 0.1) is 29.6 Å². The molecule has 8 aliphatic carbocycles. The van der Waals surface area contributed by atoms with E-state index in [2.05, 4.69) is 150 Å². The number of hydrogen-bond donors (Lipinski definition) is 11. The smallest absolute Gasteiger partial charge is 0.277 e. The Morgan fingerprint density at radius 3 is 1.24 bits per heavy atom. The second kappa shape index (κ2) is 56.1. The van der Waals surface area contributed by atoms with Gasteiger partial charge >= 0.3 is 0 Å². The highest BCUT2D eigenvalue weighted by Crippen LogP contribution is 2.46. The summed E-state index contributed by atoms with van der Waals surface area (Å²) >= 11 is 0. The first-order valence-electron chi connectivity index (χ1n) is 54.2. The van der Waals surface area contributed by atoms with E-state index in [-0.39, 0.29) is 95.1 Å². The summed E-state index contributed by atoms with van der Waals surface area (Å²) in [5, 5.41) is 48.5. The number of amides is 6. The third-order valence-corrected chi connectivity index (χ3v) is 29.0. The zero-order chi connectivity index (χ0) is 102. The van der Waals surface area contributed by atoms with Gasteiger partial charge in [0.1, 0.15) is 46.0 Å². The van der Waals surface area contributed by atoms with Gasteiger partial charge in [0, 0.05) is 147 Å². The van der Waals surface area contributed by atoms with E-state index in [0.717, 1.165) is 274 Å². The SMILES string of the molecule is CC(CCC(=O)CCCN)NC(=O)c1cc(C2CC2)on1.CC(CNC(=O)C1CCC(N)CC1)CC(=O)c1cc(C2CC2)on1.CC(NC(=O)c1cc(C2CC2)on1)C1CCCCC1.CCCCC(N)c1ccc(NC(=O)c2cc(C3CC3)on2)cc1.CCCOCc1cccc(C(NC(=O)c2cc(C3CC3)on2)C2CCNCC2)c1.CCCOCc1cccc(C(NC(=O)c2cc(C3CC3)on2)C2CCNCC2)c1. The van der Waals surface area contributed by atoms with Crippen LogP contribution in [0.15, 0.2) is 136 Å². The van der Waals surface area contributed by atoms with Crippen LogP contribution in [-0.4, -0.2) is 149 Å². The van der Waals surface area contributed by atoms with Gasteiger partial charge in [0.25, 0.3) is 29.5 Å². The molecule has 8 saturated carbocycles. The molecule has 6 unspecified atom stereocenters. The van der Waals surface area contributed by atoms with Crippen molar-refractivity contribution in [2.24, 2.45) is 46.8 Å². The summed E-state index contributed by atoms with van der Waals surface area (Å²) in [6, 6.07) is 35.5. The normalized spacial score (nSPS) is 19.2. The van der Waals surface area contributed by atoms with Gasteiger partial charge in [0.05, 0.1) is 25.3 Å². The number of rotatable bonds is 45. The molecule has 10 fully saturated rings. The van der Waals surface area contributed by atoms with Crippen LogP contribution in [0.1, 0.15) is 445 Å². The zero-order valence-corrected chi connectivity index (χ0v) is 86.0. The maximum Gasteiger partial charge on any atom is 0.277 e. The number of nitrogens with one attached hydrogen (secondary N) is 8.